The Kier molecular flexibility index (Phi) is 8.34. The van der Waals surface area contributed by atoms with Crippen molar-refractivity contribution in [2.45, 2.75) is 26.9 Å². The predicted molar refractivity (Wildman–Crippen MR) is 111 cm³/mol. The largest absolute Gasteiger partial charge is 0.467 e. The van der Waals surface area contributed by atoms with Crippen LogP contribution in [0.15, 0.2) is 41.1 Å². The third kappa shape index (κ3) is 6.37. The highest BCUT2D eigenvalue weighted by Gasteiger charge is 2.33. The second-order valence-electron chi connectivity index (χ2n) is 7.68. The minimum atomic E-state index is -0.764. The van der Waals surface area contributed by atoms with Crippen molar-refractivity contribution in [1.29, 1.82) is 0 Å². The van der Waals surface area contributed by atoms with Gasteiger partial charge >= 0.3 is 0 Å². The van der Waals surface area contributed by atoms with Gasteiger partial charge in [0.2, 0.25) is 11.8 Å². The van der Waals surface area contributed by atoms with Crippen molar-refractivity contribution < 1.29 is 18.7 Å². The number of alkyl halides is 1. The smallest absolute Gasteiger partial charge is 0.242 e. The highest BCUT2D eigenvalue weighted by atomic mass is 35.5. The van der Waals surface area contributed by atoms with Crippen LogP contribution in [0.1, 0.15) is 25.3 Å². The summed E-state index contributed by atoms with van der Waals surface area (Å²) in [7, 11) is 3.50. The number of aryl methyl sites for hydroxylation is 1. The SMILES string of the molecule is COCCN(CC(=O)N(Cc1ccco1)Cc1cccn1C)C(=O)C(C)(C)CCl. The maximum Gasteiger partial charge on any atom is 0.242 e. The lowest BCUT2D eigenvalue weighted by molar-refractivity contribution is -0.146. The summed E-state index contributed by atoms with van der Waals surface area (Å²) in [4.78, 5) is 29.4. The van der Waals surface area contributed by atoms with Crippen LogP contribution in [0.2, 0.25) is 0 Å². The lowest BCUT2D eigenvalue weighted by Gasteiger charge is -2.32. The summed E-state index contributed by atoms with van der Waals surface area (Å²) in [6, 6.07) is 7.52. The molecule has 7 nitrogen and oxygen atoms in total. The van der Waals surface area contributed by atoms with Crippen LogP contribution >= 0.6 is 11.6 Å². The van der Waals surface area contributed by atoms with Crippen molar-refractivity contribution in [2.75, 3.05) is 32.7 Å². The van der Waals surface area contributed by atoms with Crippen LogP contribution in [0.3, 0.4) is 0 Å². The van der Waals surface area contributed by atoms with Crippen LogP contribution in [-0.2, 0) is 34.5 Å². The molecule has 0 aliphatic carbocycles. The summed E-state index contributed by atoms with van der Waals surface area (Å²) in [5.41, 5.74) is 0.222. The van der Waals surface area contributed by atoms with E-state index in [0.717, 1.165) is 5.69 Å². The Labute approximate surface area is 177 Å². The summed E-state index contributed by atoms with van der Waals surface area (Å²) < 4.78 is 12.5. The second-order valence-corrected chi connectivity index (χ2v) is 7.94. The van der Waals surface area contributed by atoms with Crippen molar-refractivity contribution in [3.8, 4) is 0 Å². The molecule has 2 aromatic heterocycles. The van der Waals surface area contributed by atoms with Gasteiger partial charge < -0.3 is 23.5 Å². The van der Waals surface area contributed by atoms with Gasteiger partial charge in [-0.3, -0.25) is 9.59 Å². The minimum Gasteiger partial charge on any atom is -0.467 e. The molecule has 0 spiro atoms. The fourth-order valence-corrected chi connectivity index (χ4v) is 3.00. The predicted octanol–water partition coefficient (Wildman–Crippen LogP) is 2.89. The molecule has 0 saturated carbocycles. The zero-order chi connectivity index (χ0) is 21.4. The van der Waals surface area contributed by atoms with Crippen LogP contribution in [0.4, 0.5) is 0 Å². The number of hydrogen-bond acceptors (Lipinski definition) is 4. The Hall–Kier alpha value is -2.25. The summed E-state index contributed by atoms with van der Waals surface area (Å²) in [6.45, 7) is 4.89. The monoisotopic (exact) mass is 423 g/mol. The van der Waals surface area contributed by atoms with Gasteiger partial charge in [-0.25, -0.2) is 0 Å². The highest BCUT2D eigenvalue weighted by molar-refractivity contribution is 6.19. The second kappa shape index (κ2) is 10.5. The third-order valence-corrected chi connectivity index (χ3v) is 5.44. The van der Waals surface area contributed by atoms with E-state index < -0.39 is 5.41 Å². The Balaban J connectivity index is 2.19. The molecular formula is C21H30ClN3O4. The number of furan rings is 1. The van der Waals surface area contributed by atoms with Gasteiger partial charge in [0.1, 0.15) is 5.76 Å². The number of halogens is 1. The molecular weight excluding hydrogens is 394 g/mol. The molecule has 0 saturated heterocycles. The molecule has 160 valence electrons. The average Bonchev–Trinajstić information content (AvgIpc) is 3.35. The van der Waals surface area contributed by atoms with Gasteiger partial charge in [-0.1, -0.05) is 0 Å². The first-order valence-corrected chi connectivity index (χ1v) is 10.1. The summed E-state index contributed by atoms with van der Waals surface area (Å²) in [5.74, 6) is 0.513. The van der Waals surface area contributed by atoms with Gasteiger partial charge in [-0.2, -0.15) is 0 Å². The zero-order valence-corrected chi connectivity index (χ0v) is 18.3. The first-order chi connectivity index (χ1) is 13.8. The van der Waals surface area contributed by atoms with Gasteiger partial charge in [0.05, 0.1) is 37.9 Å². The first kappa shape index (κ1) is 23.0. The number of ether oxygens (including phenoxy) is 1. The van der Waals surface area contributed by atoms with E-state index in [-0.39, 0.29) is 24.2 Å². The highest BCUT2D eigenvalue weighted by Crippen LogP contribution is 2.21. The van der Waals surface area contributed by atoms with E-state index >= 15 is 0 Å². The molecule has 2 rings (SSSR count). The molecule has 0 aliphatic heterocycles. The van der Waals surface area contributed by atoms with E-state index in [4.69, 9.17) is 20.8 Å². The number of amides is 2. The molecule has 2 aromatic rings. The van der Waals surface area contributed by atoms with Crippen LogP contribution < -0.4 is 0 Å². The van der Waals surface area contributed by atoms with Gasteiger partial charge in [0, 0.05) is 38.5 Å². The fourth-order valence-electron chi connectivity index (χ4n) is 2.88. The molecule has 0 aliphatic rings. The Morgan fingerprint density at radius 1 is 1.21 bits per heavy atom. The molecule has 0 aromatic carbocycles. The van der Waals surface area contributed by atoms with E-state index in [1.165, 1.54) is 4.90 Å². The van der Waals surface area contributed by atoms with E-state index in [0.29, 0.717) is 32.0 Å². The van der Waals surface area contributed by atoms with E-state index in [9.17, 15) is 9.59 Å². The Bertz CT molecular complexity index is 786. The lowest BCUT2D eigenvalue weighted by atomic mass is 9.94. The number of aromatic nitrogens is 1. The number of carbonyl (C=O) groups excluding carboxylic acids is 2. The quantitative estimate of drug-likeness (QED) is 0.521. The summed E-state index contributed by atoms with van der Waals surface area (Å²) >= 11 is 5.98. The topological polar surface area (TPSA) is 67.9 Å². The number of methoxy groups -OCH3 is 1. The molecule has 2 amide bonds. The van der Waals surface area contributed by atoms with Crippen molar-refractivity contribution in [3.05, 3.63) is 48.2 Å². The minimum absolute atomic E-state index is 0.0480. The molecule has 0 radical (unpaired) electrons. The summed E-state index contributed by atoms with van der Waals surface area (Å²) in [5, 5.41) is 0. The van der Waals surface area contributed by atoms with Gasteiger partial charge in [-0.15, -0.1) is 11.6 Å². The molecule has 2 heterocycles. The van der Waals surface area contributed by atoms with Crippen molar-refractivity contribution in [3.63, 3.8) is 0 Å². The van der Waals surface area contributed by atoms with Crippen molar-refractivity contribution in [2.24, 2.45) is 12.5 Å². The standard InChI is InChI=1S/C21H30ClN3O4/c1-21(2,16-22)20(27)24(10-12-28-4)15-19(26)25(14-18-8-6-11-29-18)13-17-7-5-9-23(17)3/h5-9,11H,10,12-16H2,1-4H3. The maximum absolute atomic E-state index is 13.2. The Morgan fingerprint density at radius 3 is 2.52 bits per heavy atom. The van der Waals surface area contributed by atoms with Crippen LogP contribution in [0, 0.1) is 5.41 Å². The number of rotatable bonds is 11. The van der Waals surface area contributed by atoms with Gasteiger partial charge in [0.15, 0.2) is 0 Å². The van der Waals surface area contributed by atoms with Crippen molar-refractivity contribution >= 4 is 23.4 Å². The zero-order valence-electron chi connectivity index (χ0n) is 17.6. The van der Waals surface area contributed by atoms with Crippen LogP contribution in [-0.4, -0.2) is 58.9 Å². The van der Waals surface area contributed by atoms with E-state index in [1.807, 2.05) is 36.0 Å². The molecule has 0 N–H and O–H groups in total. The molecule has 8 heteroatoms. The maximum atomic E-state index is 13.2. The van der Waals surface area contributed by atoms with Gasteiger partial charge in [-0.05, 0) is 38.1 Å². The fraction of sp³-hybridized carbons (Fsp3) is 0.524. The normalized spacial score (nSPS) is 11.5. The van der Waals surface area contributed by atoms with Crippen LogP contribution in [0.5, 0.6) is 0 Å². The first-order valence-electron chi connectivity index (χ1n) is 9.53. The van der Waals surface area contributed by atoms with E-state index in [1.54, 1.807) is 38.2 Å². The van der Waals surface area contributed by atoms with Crippen LogP contribution in [0.25, 0.3) is 0 Å². The van der Waals surface area contributed by atoms with Crippen molar-refractivity contribution in [1.82, 2.24) is 14.4 Å². The summed E-state index contributed by atoms with van der Waals surface area (Å²) in [6.07, 6.45) is 3.51. The molecule has 0 bridgehead atoms. The number of nitrogens with zero attached hydrogens (tertiary/aromatic N) is 3. The Morgan fingerprint density at radius 2 is 1.97 bits per heavy atom. The number of carbonyl (C=O) groups is 2. The van der Waals surface area contributed by atoms with E-state index in [2.05, 4.69) is 0 Å². The van der Waals surface area contributed by atoms with Gasteiger partial charge in [0.25, 0.3) is 0 Å². The third-order valence-electron chi connectivity index (χ3n) is 4.78. The number of hydrogen-bond donors (Lipinski definition) is 0. The molecule has 0 fully saturated rings. The molecule has 0 unspecified atom stereocenters. The average molecular weight is 424 g/mol. The molecule has 29 heavy (non-hydrogen) atoms. The molecule has 0 atom stereocenters. The lowest BCUT2D eigenvalue weighted by Crippen LogP contribution is -2.48.